The van der Waals surface area contributed by atoms with Gasteiger partial charge >= 0.3 is 0 Å². The maximum atomic E-state index is 12.1. The van der Waals surface area contributed by atoms with Gasteiger partial charge in [0.25, 0.3) is 5.91 Å². The van der Waals surface area contributed by atoms with Crippen LogP contribution in [-0.4, -0.2) is 19.3 Å². The molecule has 1 amide bonds. The number of carbonyl (C=O) groups excluding carboxylic acids is 1. The third-order valence-electron chi connectivity index (χ3n) is 2.79. The average Bonchev–Trinajstić information content (AvgIpc) is 2.39. The Kier molecular flexibility index (Phi) is 4.40. The van der Waals surface area contributed by atoms with Crippen molar-refractivity contribution in [1.82, 2.24) is 4.98 Å². The Labute approximate surface area is 130 Å². The van der Waals surface area contributed by atoms with Crippen LogP contribution in [0.5, 0.6) is 0 Å². The molecule has 8 heteroatoms. The highest BCUT2D eigenvalue weighted by atomic mass is 79.9. The molecule has 1 heterocycles. The summed E-state index contributed by atoms with van der Waals surface area (Å²) in [6, 6.07) is 9.43. The molecule has 0 aliphatic rings. The number of anilines is 1. The Morgan fingerprint density at radius 1 is 1.24 bits per heavy atom. The standard InChI is InChI=1S/C13H12BrN3O3S/c1-8-9(4-2-6-11(8)21(15,19)20)17-13(18)10-5-3-7-12(14)16-10/h2-7H,1H3,(H,17,18)(H2,15,19,20). The van der Waals surface area contributed by atoms with Crippen molar-refractivity contribution < 1.29 is 13.2 Å². The number of sulfonamides is 1. The lowest BCUT2D eigenvalue weighted by Gasteiger charge is -2.11. The van der Waals surface area contributed by atoms with Gasteiger partial charge in [-0.05, 0) is 52.7 Å². The van der Waals surface area contributed by atoms with Gasteiger partial charge in [-0.15, -0.1) is 0 Å². The first-order valence-corrected chi connectivity index (χ1v) is 8.19. The van der Waals surface area contributed by atoms with Crippen LogP contribution in [0.2, 0.25) is 0 Å². The number of nitrogens with two attached hydrogens (primary N) is 1. The lowest BCUT2D eigenvalue weighted by Crippen LogP contribution is -2.17. The Hall–Kier alpha value is -1.77. The molecular weight excluding hydrogens is 358 g/mol. The minimum Gasteiger partial charge on any atom is -0.320 e. The second-order valence-electron chi connectivity index (χ2n) is 4.27. The number of hydrogen-bond donors (Lipinski definition) is 2. The first-order chi connectivity index (χ1) is 9.79. The van der Waals surface area contributed by atoms with Crippen molar-refractivity contribution in [1.29, 1.82) is 0 Å². The summed E-state index contributed by atoms with van der Waals surface area (Å²) in [5, 5.41) is 7.75. The lowest BCUT2D eigenvalue weighted by molar-refractivity contribution is 0.102. The molecule has 0 aliphatic carbocycles. The third-order valence-corrected chi connectivity index (χ3v) is 4.28. The van der Waals surface area contributed by atoms with Crippen molar-refractivity contribution in [3.05, 3.63) is 52.3 Å². The molecule has 0 radical (unpaired) electrons. The van der Waals surface area contributed by atoms with Gasteiger partial charge in [-0.1, -0.05) is 12.1 Å². The summed E-state index contributed by atoms with van der Waals surface area (Å²) >= 11 is 3.18. The highest BCUT2D eigenvalue weighted by Crippen LogP contribution is 2.22. The van der Waals surface area contributed by atoms with Gasteiger partial charge in [-0.25, -0.2) is 18.5 Å². The van der Waals surface area contributed by atoms with Crippen LogP contribution in [-0.2, 0) is 10.0 Å². The summed E-state index contributed by atoms with van der Waals surface area (Å²) in [6.07, 6.45) is 0. The van der Waals surface area contributed by atoms with E-state index >= 15 is 0 Å². The number of pyridine rings is 1. The molecule has 110 valence electrons. The van der Waals surface area contributed by atoms with Gasteiger partial charge in [0.1, 0.15) is 10.3 Å². The second kappa shape index (κ2) is 5.92. The van der Waals surface area contributed by atoms with Gasteiger partial charge in [0.15, 0.2) is 0 Å². The quantitative estimate of drug-likeness (QED) is 0.808. The predicted octanol–water partition coefficient (Wildman–Crippen LogP) is 2.05. The monoisotopic (exact) mass is 369 g/mol. The summed E-state index contributed by atoms with van der Waals surface area (Å²) < 4.78 is 23.4. The molecule has 0 saturated carbocycles. The van der Waals surface area contributed by atoms with E-state index in [4.69, 9.17) is 5.14 Å². The highest BCUT2D eigenvalue weighted by molar-refractivity contribution is 9.10. The van der Waals surface area contributed by atoms with Crippen LogP contribution in [0.15, 0.2) is 45.9 Å². The van der Waals surface area contributed by atoms with Crippen LogP contribution in [0.4, 0.5) is 5.69 Å². The predicted molar refractivity (Wildman–Crippen MR) is 82.4 cm³/mol. The van der Waals surface area contributed by atoms with Crippen molar-refractivity contribution >= 4 is 37.5 Å². The van der Waals surface area contributed by atoms with E-state index in [1.165, 1.54) is 12.1 Å². The fraction of sp³-hybridized carbons (Fsp3) is 0.0769. The molecule has 0 bridgehead atoms. The molecule has 0 atom stereocenters. The second-order valence-corrected chi connectivity index (χ2v) is 6.62. The third kappa shape index (κ3) is 3.66. The summed E-state index contributed by atoms with van der Waals surface area (Å²) in [6.45, 7) is 1.57. The summed E-state index contributed by atoms with van der Waals surface area (Å²) in [5.74, 6) is -0.439. The van der Waals surface area contributed by atoms with Crippen LogP contribution in [0, 0.1) is 6.92 Å². The van der Waals surface area contributed by atoms with E-state index in [1.54, 1.807) is 31.2 Å². The minimum atomic E-state index is -3.84. The maximum absolute atomic E-state index is 12.1. The summed E-state index contributed by atoms with van der Waals surface area (Å²) in [4.78, 5) is 16.1. The number of benzene rings is 1. The van der Waals surface area contributed by atoms with Gasteiger partial charge in [-0.2, -0.15) is 0 Å². The van der Waals surface area contributed by atoms with E-state index in [0.29, 0.717) is 15.9 Å². The Bertz CT molecular complexity index is 806. The number of carbonyl (C=O) groups is 1. The zero-order valence-corrected chi connectivity index (χ0v) is 13.4. The van der Waals surface area contributed by atoms with Crippen molar-refractivity contribution in [2.75, 3.05) is 5.32 Å². The molecule has 1 aromatic carbocycles. The van der Waals surface area contributed by atoms with Crippen molar-refractivity contribution in [2.24, 2.45) is 5.14 Å². The fourth-order valence-electron chi connectivity index (χ4n) is 1.78. The first kappa shape index (κ1) is 15.6. The molecule has 2 aromatic rings. The van der Waals surface area contributed by atoms with Crippen molar-refractivity contribution in [3.63, 3.8) is 0 Å². The largest absolute Gasteiger partial charge is 0.320 e. The SMILES string of the molecule is Cc1c(NC(=O)c2cccc(Br)n2)cccc1S(N)(=O)=O. The summed E-state index contributed by atoms with van der Waals surface area (Å²) in [5.41, 5.74) is 0.960. The first-order valence-electron chi connectivity index (χ1n) is 5.85. The number of amides is 1. The molecule has 0 unspecified atom stereocenters. The zero-order chi connectivity index (χ0) is 15.6. The molecule has 2 rings (SSSR count). The topological polar surface area (TPSA) is 102 Å². The number of nitrogens with zero attached hydrogens (tertiary/aromatic N) is 1. The Morgan fingerprint density at radius 2 is 1.90 bits per heavy atom. The molecule has 6 nitrogen and oxygen atoms in total. The van der Waals surface area contributed by atoms with E-state index in [1.807, 2.05) is 0 Å². The van der Waals surface area contributed by atoms with E-state index in [2.05, 4.69) is 26.2 Å². The fourth-order valence-corrected chi connectivity index (χ4v) is 2.93. The normalized spacial score (nSPS) is 11.2. The molecule has 0 aliphatic heterocycles. The smallest absolute Gasteiger partial charge is 0.274 e. The van der Waals surface area contributed by atoms with Crippen LogP contribution < -0.4 is 10.5 Å². The Morgan fingerprint density at radius 3 is 2.52 bits per heavy atom. The summed E-state index contributed by atoms with van der Waals surface area (Å²) in [7, 11) is -3.84. The van der Waals surface area contributed by atoms with Crippen LogP contribution in [0.3, 0.4) is 0 Å². The molecule has 0 saturated heterocycles. The van der Waals surface area contributed by atoms with Crippen LogP contribution >= 0.6 is 15.9 Å². The number of rotatable bonds is 3. The van der Waals surface area contributed by atoms with Gasteiger partial charge in [0.2, 0.25) is 10.0 Å². The van der Waals surface area contributed by atoms with Gasteiger partial charge < -0.3 is 5.32 Å². The molecule has 21 heavy (non-hydrogen) atoms. The molecule has 1 aromatic heterocycles. The van der Waals surface area contributed by atoms with E-state index in [0.717, 1.165) is 0 Å². The van der Waals surface area contributed by atoms with Gasteiger partial charge in [-0.3, -0.25) is 4.79 Å². The number of nitrogens with one attached hydrogen (secondary N) is 1. The zero-order valence-electron chi connectivity index (χ0n) is 11.0. The van der Waals surface area contributed by atoms with Gasteiger partial charge in [0.05, 0.1) is 4.90 Å². The molecular formula is C13H12BrN3O3S. The Balaban J connectivity index is 2.35. The number of halogens is 1. The lowest BCUT2D eigenvalue weighted by atomic mass is 10.2. The number of primary sulfonamides is 1. The van der Waals surface area contributed by atoms with E-state index < -0.39 is 15.9 Å². The van der Waals surface area contributed by atoms with Gasteiger partial charge in [0, 0.05) is 5.69 Å². The minimum absolute atomic E-state index is 0.0255. The molecule has 0 fully saturated rings. The number of hydrogen-bond acceptors (Lipinski definition) is 4. The average molecular weight is 370 g/mol. The molecule has 3 N–H and O–H groups in total. The van der Waals surface area contributed by atoms with E-state index in [9.17, 15) is 13.2 Å². The van der Waals surface area contributed by atoms with Crippen LogP contribution in [0.1, 0.15) is 16.1 Å². The van der Waals surface area contributed by atoms with Crippen molar-refractivity contribution in [2.45, 2.75) is 11.8 Å². The van der Waals surface area contributed by atoms with Crippen LogP contribution in [0.25, 0.3) is 0 Å². The maximum Gasteiger partial charge on any atom is 0.274 e. The number of aromatic nitrogens is 1. The van der Waals surface area contributed by atoms with Crippen molar-refractivity contribution in [3.8, 4) is 0 Å². The van der Waals surface area contributed by atoms with E-state index in [-0.39, 0.29) is 10.6 Å². The highest BCUT2D eigenvalue weighted by Gasteiger charge is 2.16. The molecule has 0 spiro atoms.